The topological polar surface area (TPSA) is 54.0 Å². The number of carbonyl (C=O) groups excluding carboxylic acids is 1. The van der Waals surface area contributed by atoms with Crippen LogP contribution in [0.25, 0.3) is 0 Å². The van der Waals surface area contributed by atoms with Gasteiger partial charge in [0.15, 0.2) is 5.13 Å². The van der Waals surface area contributed by atoms with E-state index >= 15 is 0 Å². The van der Waals surface area contributed by atoms with Crippen LogP contribution in [0.15, 0.2) is 6.20 Å². The standard InChI is InChI=1S/C7H9F2N3OS/c1-4-2-11-7(14-4)12-6(13)10-3-5(8)9/h2,5H,3H2,1H3,(H2,10,11,12,13). The van der Waals surface area contributed by atoms with Crippen LogP contribution < -0.4 is 10.6 Å². The third kappa shape index (κ3) is 3.65. The van der Waals surface area contributed by atoms with Gasteiger partial charge in [-0.3, -0.25) is 5.32 Å². The third-order valence-corrected chi connectivity index (χ3v) is 2.09. The molecule has 1 rings (SSSR count). The summed E-state index contributed by atoms with van der Waals surface area (Å²) in [6.07, 6.45) is -0.952. The van der Waals surface area contributed by atoms with Crippen LogP contribution in [0.4, 0.5) is 18.7 Å². The fourth-order valence-corrected chi connectivity index (χ4v) is 1.38. The molecule has 0 saturated carbocycles. The third-order valence-electron chi connectivity index (χ3n) is 1.26. The minimum Gasteiger partial charge on any atom is -0.332 e. The maximum Gasteiger partial charge on any atom is 0.321 e. The lowest BCUT2D eigenvalue weighted by atomic mass is 10.6. The molecule has 1 aromatic rings. The molecule has 0 bridgehead atoms. The molecule has 1 heterocycles. The van der Waals surface area contributed by atoms with Gasteiger partial charge >= 0.3 is 6.03 Å². The van der Waals surface area contributed by atoms with Crippen LogP contribution in [0.5, 0.6) is 0 Å². The molecular weight excluding hydrogens is 212 g/mol. The van der Waals surface area contributed by atoms with Gasteiger partial charge in [0.2, 0.25) is 0 Å². The molecule has 0 spiro atoms. The van der Waals surface area contributed by atoms with Crippen molar-refractivity contribution in [2.75, 3.05) is 11.9 Å². The van der Waals surface area contributed by atoms with Crippen LogP contribution in [-0.2, 0) is 0 Å². The number of nitrogens with one attached hydrogen (secondary N) is 2. The largest absolute Gasteiger partial charge is 0.332 e. The number of amides is 2. The quantitative estimate of drug-likeness (QED) is 0.818. The lowest BCUT2D eigenvalue weighted by Gasteiger charge is -2.03. The molecule has 0 radical (unpaired) electrons. The van der Waals surface area contributed by atoms with Crippen molar-refractivity contribution in [3.05, 3.63) is 11.1 Å². The Labute approximate surface area is 83.3 Å². The SMILES string of the molecule is Cc1cnc(NC(=O)NCC(F)F)s1. The molecule has 1 aromatic heterocycles. The Morgan fingerprint density at radius 2 is 2.43 bits per heavy atom. The molecule has 78 valence electrons. The number of alkyl halides is 2. The molecule has 0 aromatic carbocycles. The van der Waals surface area contributed by atoms with Crippen molar-refractivity contribution in [1.82, 2.24) is 10.3 Å². The van der Waals surface area contributed by atoms with Crippen molar-refractivity contribution < 1.29 is 13.6 Å². The summed E-state index contributed by atoms with van der Waals surface area (Å²) < 4.78 is 23.4. The second kappa shape index (κ2) is 4.85. The summed E-state index contributed by atoms with van der Waals surface area (Å²) >= 11 is 1.28. The molecule has 2 N–H and O–H groups in total. The maximum atomic E-state index is 11.7. The molecule has 0 atom stereocenters. The molecule has 0 aliphatic heterocycles. The number of aryl methyl sites for hydroxylation is 1. The minimum absolute atomic E-state index is 0.397. The first-order chi connectivity index (χ1) is 6.58. The van der Waals surface area contributed by atoms with Crippen molar-refractivity contribution in [2.24, 2.45) is 0 Å². The zero-order valence-corrected chi connectivity index (χ0v) is 8.20. The van der Waals surface area contributed by atoms with E-state index in [9.17, 15) is 13.6 Å². The summed E-state index contributed by atoms with van der Waals surface area (Å²) in [7, 11) is 0. The second-order valence-electron chi connectivity index (χ2n) is 2.50. The summed E-state index contributed by atoms with van der Waals surface area (Å²) in [5.41, 5.74) is 0. The Hall–Kier alpha value is -1.24. The van der Waals surface area contributed by atoms with Crippen molar-refractivity contribution in [1.29, 1.82) is 0 Å². The van der Waals surface area contributed by atoms with E-state index in [4.69, 9.17) is 0 Å². The average molecular weight is 221 g/mol. The van der Waals surface area contributed by atoms with Crippen LogP contribution in [0.1, 0.15) is 4.88 Å². The molecule has 0 unspecified atom stereocenters. The van der Waals surface area contributed by atoms with E-state index in [0.717, 1.165) is 4.88 Å². The molecule has 0 fully saturated rings. The molecule has 7 heteroatoms. The Bertz CT molecular complexity index is 316. The van der Waals surface area contributed by atoms with Crippen molar-refractivity contribution >= 4 is 22.5 Å². The summed E-state index contributed by atoms with van der Waals surface area (Å²) in [5, 5.41) is 4.75. The summed E-state index contributed by atoms with van der Waals surface area (Å²) in [4.78, 5) is 15.7. The minimum atomic E-state index is -2.54. The van der Waals surface area contributed by atoms with Gasteiger partial charge in [0, 0.05) is 11.1 Å². The van der Waals surface area contributed by atoms with Gasteiger partial charge < -0.3 is 5.32 Å². The predicted molar refractivity (Wildman–Crippen MR) is 49.9 cm³/mol. The highest BCUT2D eigenvalue weighted by Gasteiger charge is 2.07. The van der Waals surface area contributed by atoms with Crippen LogP contribution in [0.3, 0.4) is 0 Å². The van der Waals surface area contributed by atoms with Gasteiger partial charge in [-0.2, -0.15) is 0 Å². The molecular formula is C7H9F2N3OS. The number of carbonyl (C=O) groups is 1. The van der Waals surface area contributed by atoms with Gasteiger partial charge in [0.25, 0.3) is 6.43 Å². The van der Waals surface area contributed by atoms with Gasteiger partial charge in [0.05, 0.1) is 6.54 Å². The van der Waals surface area contributed by atoms with E-state index in [2.05, 4.69) is 10.3 Å². The lowest BCUT2D eigenvalue weighted by Crippen LogP contribution is -2.32. The fourth-order valence-electron chi connectivity index (χ4n) is 0.724. The summed E-state index contributed by atoms with van der Waals surface area (Å²) in [5.74, 6) is 0. The number of halogens is 2. The smallest absolute Gasteiger partial charge is 0.321 e. The number of nitrogens with zero attached hydrogens (tertiary/aromatic N) is 1. The van der Waals surface area contributed by atoms with Crippen LogP contribution in [0.2, 0.25) is 0 Å². The Balaban J connectivity index is 2.34. The van der Waals surface area contributed by atoms with Gasteiger partial charge in [-0.1, -0.05) is 0 Å². The van der Waals surface area contributed by atoms with Crippen molar-refractivity contribution in [3.8, 4) is 0 Å². The number of aromatic nitrogens is 1. The molecule has 14 heavy (non-hydrogen) atoms. The second-order valence-corrected chi connectivity index (χ2v) is 3.74. The van der Waals surface area contributed by atoms with E-state index in [1.807, 2.05) is 12.2 Å². The maximum absolute atomic E-state index is 11.7. The van der Waals surface area contributed by atoms with E-state index < -0.39 is 19.0 Å². The molecule has 0 saturated heterocycles. The van der Waals surface area contributed by atoms with Crippen molar-refractivity contribution in [3.63, 3.8) is 0 Å². The zero-order valence-electron chi connectivity index (χ0n) is 7.38. The Kier molecular flexibility index (Phi) is 3.75. The number of anilines is 1. The Morgan fingerprint density at radius 3 is 2.93 bits per heavy atom. The molecule has 2 amide bonds. The molecule has 4 nitrogen and oxygen atoms in total. The van der Waals surface area contributed by atoms with Gasteiger partial charge in [-0.05, 0) is 6.92 Å². The molecule has 0 aliphatic rings. The van der Waals surface area contributed by atoms with E-state index in [1.54, 1.807) is 6.20 Å². The first-order valence-corrected chi connectivity index (χ1v) is 4.65. The normalized spacial score (nSPS) is 10.3. The number of thiazole rings is 1. The van der Waals surface area contributed by atoms with E-state index in [-0.39, 0.29) is 0 Å². The predicted octanol–water partition coefficient (Wildman–Crippen LogP) is 1.84. The number of hydrogen-bond donors (Lipinski definition) is 2. The highest BCUT2D eigenvalue weighted by molar-refractivity contribution is 7.15. The summed E-state index contributed by atoms with van der Waals surface area (Å²) in [6.45, 7) is 1.18. The first kappa shape index (κ1) is 10.8. The van der Waals surface area contributed by atoms with Crippen LogP contribution in [-0.4, -0.2) is 24.0 Å². The number of rotatable bonds is 3. The Morgan fingerprint density at radius 1 is 1.71 bits per heavy atom. The van der Waals surface area contributed by atoms with E-state index in [0.29, 0.717) is 5.13 Å². The van der Waals surface area contributed by atoms with Crippen molar-refractivity contribution in [2.45, 2.75) is 13.3 Å². The highest BCUT2D eigenvalue weighted by Crippen LogP contribution is 2.15. The van der Waals surface area contributed by atoms with E-state index in [1.165, 1.54) is 11.3 Å². The lowest BCUT2D eigenvalue weighted by molar-refractivity contribution is 0.148. The number of urea groups is 1. The monoisotopic (exact) mass is 221 g/mol. The summed E-state index contributed by atoms with van der Waals surface area (Å²) in [6, 6.07) is -0.667. The average Bonchev–Trinajstić information content (AvgIpc) is 2.48. The molecule has 0 aliphatic carbocycles. The zero-order chi connectivity index (χ0) is 10.6. The van der Waals surface area contributed by atoms with Gasteiger partial charge in [-0.15, -0.1) is 11.3 Å². The van der Waals surface area contributed by atoms with Crippen LogP contribution in [0, 0.1) is 6.92 Å². The number of hydrogen-bond acceptors (Lipinski definition) is 3. The van der Waals surface area contributed by atoms with Gasteiger partial charge in [-0.25, -0.2) is 18.6 Å². The first-order valence-electron chi connectivity index (χ1n) is 3.83. The van der Waals surface area contributed by atoms with Gasteiger partial charge in [0.1, 0.15) is 0 Å². The fraction of sp³-hybridized carbons (Fsp3) is 0.429. The highest BCUT2D eigenvalue weighted by atomic mass is 32.1. The van der Waals surface area contributed by atoms with Crippen LogP contribution >= 0.6 is 11.3 Å².